The Kier molecular flexibility index (Phi) is 5.49. The Hall–Kier alpha value is -1.51. The molecule has 0 heterocycles. The summed E-state index contributed by atoms with van der Waals surface area (Å²) in [7, 11) is 0. The molecule has 0 aliphatic carbocycles. The first-order chi connectivity index (χ1) is 10.4. The highest BCUT2D eigenvalue weighted by Gasteiger charge is 2.24. The topological polar surface area (TPSA) is 29.1 Å². The predicted octanol–water partition coefficient (Wildman–Crippen LogP) is 5.68. The molecule has 0 bridgehead atoms. The maximum absolute atomic E-state index is 12.7. The van der Waals surface area contributed by atoms with Crippen LogP contribution >= 0.6 is 23.2 Å². The minimum absolute atomic E-state index is 0.0392. The van der Waals surface area contributed by atoms with E-state index in [-0.39, 0.29) is 17.7 Å². The van der Waals surface area contributed by atoms with Crippen molar-refractivity contribution in [1.82, 2.24) is 0 Å². The van der Waals surface area contributed by atoms with Gasteiger partial charge in [-0.15, -0.1) is 0 Å². The van der Waals surface area contributed by atoms with E-state index in [1.54, 1.807) is 0 Å². The Bertz CT molecular complexity index is 665. The summed E-state index contributed by atoms with van der Waals surface area (Å²) in [6.07, 6.45) is 0. The maximum atomic E-state index is 12.7. The fourth-order valence-electron chi connectivity index (χ4n) is 2.46. The van der Waals surface area contributed by atoms with Crippen molar-refractivity contribution in [3.05, 3.63) is 63.6 Å². The smallest absolute Gasteiger partial charge is 0.232 e. The van der Waals surface area contributed by atoms with Gasteiger partial charge in [0.15, 0.2) is 0 Å². The fourth-order valence-corrected chi connectivity index (χ4v) is 2.76. The summed E-state index contributed by atoms with van der Waals surface area (Å²) in [5.74, 6) is -0.112. The molecule has 0 fully saturated rings. The third-order valence-electron chi connectivity index (χ3n) is 3.70. The first kappa shape index (κ1) is 16.9. The SMILES string of the molecule is Cc1c(Cl)cccc1NC(=O)[C@@H](c1ccc(Cl)cc1)C(C)C. The van der Waals surface area contributed by atoms with Crippen molar-refractivity contribution in [3.8, 4) is 0 Å². The van der Waals surface area contributed by atoms with Crippen LogP contribution in [-0.4, -0.2) is 5.91 Å². The molecule has 0 saturated heterocycles. The lowest BCUT2D eigenvalue weighted by Gasteiger charge is -2.21. The van der Waals surface area contributed by atoms with Crippen LogP contribution in [0.2, 0.25) is 10.0 Å². The third kappa shape index (κ3) is 3.82. The van der Waals surface area contributed by atoms with Gasteiger partial charge < -0.3 is 5.32 Å². The molecule has 0 unspecified atom stereocenters. The van der Waals surface area contributed by atoms with E-state index in [0.717, 1.165) is 16.8 Å². The van der Waals surface area contributed by atoms with Crippen molar-refractivity contribution < 1.29 is 4.79 Å². The lowest BCUT2D eigenvalue weighted by Crippen LogP contribution is -2.25. The molecule has 2 rings (SSSR count). The average Bonchev–Trinajstić information content (AvgIpc) is 2.46. The fraction of sp³-hybridized carbons (Fsp3) is 0.278. The van der Waals surface area contributed by atoms with Gasteiger partial charge in [-0.2, -0.15) is 0 Å². The Morgan fingerprint density at radius 2 is 1.68 bits per heavy atom. The van der Waals surface area contributed by atoms with Crippen LogP contribution in [0.5, 0.6) is 0 Å². The van der Waals surface area contributed by atoms with Crippen molar-refractivity contribution in [1.29, 1.82) is 0 Å². The van der Waals surface area contributed by atoms with Crippen LogP contribution in [0.4, 0.5) is 5.69 Å². The third-order valence-corrected chi connectivity index (χ3v) is 4.37. The molecule has 1 amide bonds. The van der Waals surface area contributed by atoms with Gasteiger partial charge in [-0.25, -0.2) is 0 Å². The van der Waals surface area contributed by atoms with Gasteiger partial charge >= 0.3 is 0 Å². The molecule has 2 aromatic carbocycles. The van der Waals surface area contributed by atoms with E-state index in [1.807, 2.05) is 63.2 Å². The van der Waals surface area contributed by atoms with Gasteiger partial charge in [0.25, 0.3) is 0 Å². The Labute approximate surface area is 141 Å². The number of hydrogen-bond acceptors (Lipinski definition) is 1. The molecular weight excluding hydrogens is 317 g/mol. The number of benzene rings is 2. The zero-order valence-electron chi connectivity index (χ0n) is 12.9. The Morgan fingerprint density at radius 3 is 2.27 bits per heavy atom. The van der Waals surface area contributed by atoms with Gasteiger partial charge in [-0.1, -0.05) is 55.2 Å². The summed E-state index contributed by atoms with van der Waals surface area (Å²) in [4.78, 5) is 12.7. The highest BCUT2D eigenvalue weighted by molar-refractivity contribution is 6.31. The summed E-state index contributed by atoms with van der Waals surface area (Å²) >= 11 is 12.0. The van der Waals surface area contributed by atoms with E-state index in [2.05, 4.69) is 5.32 Å². The number of halogens is 2. The molecule has 2 nitrogen and oxygen atoms in total. The standard InChI is InChI=1S/C18H19Cl2NO/c1-11(2)17(13-7-9-14(19)10-8-13)18(22)21-16-6-4-5-15(20)12(16)3/h4-11,17H,1-3H3,(H,21,22)/t17-/m1/s1. The van der Waals surface area contributed by atoms with E-state index >= 15 is 0 Å². The van der Waals surface area contributed by atoms with E-state index < -0.39 is 0 Å². The minimum Gasteiger partial charge on any atom is -0.325 e. The number of hydrogen-bond donors (Lipinski definition) is 1. The van der Waals surface area contributed by atoms with Crippen LogP contribution in [-0.2, 0) is 4.79 Å². The maximum Gasteiger partial charge on any atom is 0.232 e. The second-order valence-corrected chi connectivity index (χ2v) is 6.52. The highest BCUT2D eigenvalue weighted by Crippen LogP contribution is 2.29. The first-order valence-corrected chi connectivity index (χ1v) is 7.97. The predicted molar refractivity (Wildman–Crippen MR) is 93.8 cm³/mol. The lowest BCUT2D eigenvalue weighted by atomic mass is 9.87. The molecule has 1 N–H and O–H groups in total. The van der Waals surface area contributed by atoms with Crippen molar-refractivity contribution >= 4 is 34.8 Å². The molecular formula is C18H19Cl2NO. The molecule has 4 heteroatoms. The van der Waals surface area contributed by atoms with Crippen LogP contribution in [0.25, 0.3) is 0 Å². The quantitative estimate of drug-likeness (QED) is 0.764. The number of carbonyl (C=O) groups is 1. The normalized spacial score (nSPS) is 12.3. The van der Waals surface area contributed by atoms with Crippen molar-refractivity contribution in [3.63, 3.8) is 0 Å². The lowest BCUT2D eigenvalue weighted by molar-refractivity contribution is -0.118. The van der Waals surface area contributed by atoms with Crippen molar-refractivity contribution in [2.45, 2.75) is 26.7 Å². The summed E-state index contributed by atoms with van der Waals surface area (Å²) in [5, 5.41) is 4.30. The van der Waals surface area contributed by atoms with Gasteiger partial charge in [0.05, 0.1) is 5.92 Å². The summed E-state index contributed by atoms with van der Waals surface area (Å²) < 4.78 is 0. The van der Waals surface area contributed by atoms with E-state index in [4.69, 9.17) is 23.2 Å². The second-order valence-electron chi connectivity index (χ2n) is 5.67. The first-order valence-electron chi connectivity index (χ1n) is 7.21. The number of nitrogens with one attached hydrogen (secondary N) is 1. The van der Waals surface area contributed by atoms with Crippen LogP contribution in [0.1, 0.15) is 30.9 Å². The molecule has 2 aromatic rings. The zero-order chi connectivity index (χ0) is 16.3. The average molecular weight is 336 g/mol. The summed E-state index contributed by atoms with van der Waals surface area (Å²) in [6, 6.07) is 12.9. The van der Waals surface area contributed by atoms with Crippen molar-refractivity contribution in [2.75, 3.05) is 5.32 Å². The van der Waals surface area contributed by atoms with Crippen LogP contribution in [0.15, 0.2) is 42.5 Å². The van der Waals surface area contributed by atoms with Gasteiger partial charge in [0, 0.05) is 15.7 Å². The van der Waals surface area contributed by atoms with E-state index in [0.29, 0.717) is 10.0 Å². The molecule has 0 aliphatic heterocycles. The van der Waals surface area contributed by atoms with Gasteiger partial charge in [0.1, 0.15) is 0 Å². The zero-order valence-corrected chi connectivity index (χ0v) is 14.4. The molecule has 0 spiro atoms. The van der Waals surface area contributed by atoms with Crippen LogP contribution in [0, 0.1) is 12.8 Å². The monoisotopic (exact) mass is 335 g/mol. The highest BCUT2D eigenvalue weighted by atomic mass is 35.5. The number of rotatable bonds is 4. The van der Waals surface area contributed by atoms with Gasteiger partial charge in [-0.3, -0.25) is 4.79 Å². The molecule has 116 valence electrons. The molecule has 0 radical (unpaired) electrons. The molecule has 0 aliphatic rings. The van der Waals surface area contributed by atoms with Crippen molar-refractivity contribution in [2.24, 2.45) is 5.92 Å². The molecule has 0 aromatic heterocycles. The van der Waals surface area contributed by atoms with Gasteiger partial charge in [0.2, 0.25) is 5.91 Å². The second kappa shape index (κ2) is 7.17. The van der Waals surface area contributed by atoms with E-state index in [1.165, 1.54) is 0 Å². The Morgan fingerprint density at radius 1 is 1.05 bits per heavy atom. The van der Waals surface area contributed by atoms with E-state index in [9.17, 15) is 4.79 Å². The largest absolute Gasteiger partial charge is 0.325 e. The summed E-state index contributed by atoms with van der Waals surface area (Å²) in [5.41, 5.74) is 2.57. The van der Waals surface area contributed by atoms with Gasteiger partial charge in [-0.05, 0) is 48.2 Å². The minimum atomic E-state index is -0.240. The van der Waals surface area contributed by atoms with Crippen LogP contribution < -0.4 is 5.32 Å². The Balaban J connectivity index is 2.27. The molecule has 0 saturated carbocycles. The molecule has 22 heavy (non-hydrogen) atoms. The molecule has 1 atom stereocenters. The number of anilines is 1. The van der Waals surface area contributed by atoms with Crippen LogP contribution in [0.3, 0.4) is 0 Å². The number of amides is 1. The summed E-state index contributed by atoms with van der Waals surface area (Å²) in [6.45, 7) is 5.96. The number of carbonyl (C=O) groups excluding carboxylic acids is 1.